The normalized spacial score (nSPS) is 10.1. The molecule has 1 heterocycles. The summed E-state index contributed by atoms with van der Waals surface area (Å²) >= 11 is 0. The average Bonchev–Trinajstić information content (AvgIpc) is 2.67. The zero-order valence-electron chi connectivity index (χ0n) is 7.64. The van der Waals surface area contributed by atoms with Crippen LogP contribution >= 0.6 is 0 Å². The summed E-state index contributed by atoms with van der Waals surface area (Å²) < 4.78 is 0. The predicted molar refractivity (Wildman–Crippen MR) is 52.6 cm³/mol. The lowest BCUT2D eigenvalue weighted by atomic mass is 10.1. The number of carbonyl (C=O) groups is 1. The van der Waals surface area contributed by atoms with E-state index >= 15 is 0 Å². The summed E-state index contributed by atoms with van der Waals surface area (Å²) in [6.07, 6.45) is 1.37. The van der Waals surface area contributed by atoms with Gasteiger partial charge in [0.1, 0.15) is 5.75 Å². The van der Waals surface area contributed by atoms with E-state index in [0.717, 1.165) is 0 Å². The molecule has 3 N–H and O–H groups in total. The van der Waals surface area contributed by atoms with E-state index < -0.39 is 5.97 Å². The van der Waals surface area contributed by atoms with Gasteiger partial charge in [-0.05, 0) is 6.07 Å². The van der Waals surface area contributed by atoms with Crippen molar-refractivity contribution in [2.45, 2.75) is 0 Å². The Hall–Kier alpha value is -2.30. The lowest BCUT2D eigenvalue weighted by molar-refractivity contribution is 0.0691. The second-order valence-corrected chi connectivity index (χ2v) is 2.98. The fraction of sp³-hybridized carbons (Fsp3) is 0. The second-order valence-electron chi connectivity index (χ2n) is 2.98. The lowest BCUT2D eigenvalue weighted by Gasteiger charge is -2.01. The highest BCUT2D eigenvalue weighted by Crippen LogP contribution is 2.29. The van der Waals surface area contributed by atoms with E-state index in [-0.39, 0.29) is 11.4 Å². The van der Waals surface area contributed by atoms with Crippen LogP contribution in [0.1, 0.15) is 10.5 Å². The molecule has 0 amide bonds. The molecule has 0 atom stereocenters. The molecule has 1 aromatic heterocycles. The first-order valence-corrected chi connectivity index (χ1v) is 4.25. The number of aromatic amines is 1. The Balaban J connectivity index is 2.59. The number of H-pyrrole nitrogens is 1. The van der Waals surface area contributed by atoms with E-state index in [2.05, 4.69) is 10.2 Å². The SMILES string of the molecule is O=C(O)c1[nH]ncc1-c1ccccc1O. The quantitative estimate of drug-likeness (QED) is 0.691. The molecule has 76 valence electrons. The van der Waals surface area contributed by atoms with Gasteiger partial charge in [-0.3, -0.25) is 5.10 Å². The number of carboxylic acids is 1. The van der Waals surface area contributed by atoms with Crippen LogP contribution in [0.15, 0.2) is 30.5 Å². The molecule has 0 radical (unpaired) electrons. The number of aromatic nitrogens is 2. The number of nitrogens with zero attached hydrogens (tertiary/aromatic N) is 1. The Morgan fingerprint density at radius 2 is 2.00 bits per heavy atom. The number of hydrogen-bond donors (Lipinski definition) is 3. The van der Waals surface area contributed by atoms with Crippen LogP contribution in [0.3, 0.4) is 0 Å². The van der Waals surface area contributed by atoms with Crippen molar-refractivity contribution < 1.29 is 15.0 Å². The molecule has 0 aliphatic rings. The Labute approximate surface area is 85.0 Å². The largest absolute Gasteiger partial charge is 0.507 e. The van der Waals surface area contributed by atoms with Crippen LogP contribution < -0.4 is 0 Å². The van der Waals surface area contributed by atoms with Gasteiger partial charge in [0.2, 0.25) is 0 Å². The summed E-state index contributed by atoms with van der Waals surface area (Å²) in [6, 6.07) is 6.51. The van der Waals surface area contributed by atoms with Gasteiger partial charge in [-0.25, -0.2) is 4.79 Å². The molecule has 0 fully saturated rings. The van der Waals surface area contributed by atoms with Gasteiger partial charge < -0.3 is 10.2 Å². The van der Waals surface area contributed by atoms with Gasteiger partial charge in [0, 0.05) is 11.1 Å². The Bertz CT molecular complexity index is 505. The number of para-hydroxylation sites is 1. The number of carboxylic acid groups (broad SMARTS) is 1. The van der Waals surface area contributed by atoms with Crippen molar-refractivity contribution in [3.63, 3.8) is 0 Å². The van der Waals surface area contributed by atoms with Gasteiger partial charge in [-0.2, -0.15) is 5.10 Å². The molecule has 5 heteroatoms. The first kappa shape index (κ1) is 9.26. The van der Waals surface area contributed by atoms with E-state index in [1.165, 1.54) is 12.3 Å². The number of phenols is 1. The molecule has 2 aromatic rings. The number of rotatable bonds is 2. The summed E-state index contributed by atoms with van der Waals surface area (Å²) in [6.45, 7) is 0. The maximum absolute atomic E-state index is 10.8. The van der Waals surface area contributed by atoms with Gasteiger partial charge in [0.25, 0.3) is 0 Å². The third kappa shape index (κ3) is 1.54. The van der Waals surface area contributed by atoms with E-state index in [9.17, 15) is 9.90 Å². The van der Waals surface area contributed by atoms with Crippen LogP contribution in [-0.4, -0.2) is 26.4 Å². The monoisotopic (exact) mass is 204 g/mol. The van der Waals surface area contributed by atoms with Gasteiger partial charge in [-0.1, -0.05) is 18.2 Å². The molecular weight excluding hydrogens is 196 g/mol. The van der Waals surface area contributed by atoms with Crippen molar-refractivity contribution in [1.82, 2.24) is 10.2 Å². The van der Waals surface area contributed by atoms with Gasteiger partial charge in [0.15, 0.2) is 5.69 Å². The summed E-state index contributed by atoms with van der Waals surface area (Å²) in [5.74, 6) is -1.08. The maximum Gasteiger partial charge on any atom is 0.354 e. The molecule has 0 bridgehead atoms. The smallest absolute Gasteiger partial charge is 0.354 e. The van der Waals surface area contributed by atoms with Crippen molar-refractivity contribution in [2.24, 2.45) is 0 Å². The van der Waals surface area contributed by atoms with Crippen molar-refractivity contribution in [3.05, 3.63) is 36.2 Å². The number of nitrogens with one attached hydrogen (secondary N) is 1. The fourth-order valence-electron chi connectivity index (χ4n) is 1.35. The van der Waals surface area contributed by atoms with E-state index in [0.29, 0.717) is 11.1 Å². The average molecular weight is 204 g/mol. The van der Waals surface area contributed by atoms with Crippen LogP contribution in [0.2, 0.25) is 0 Å². The zero-order chi connectivity index (χ0) is 10.8. The molecule has 2 rings (SSSR count). The third-order valence-corrected chi connectivity index (χ3v) is 2.05. The highest BCUT2D eigenvalue weighted by atomic mass is 16.4. The minimum atomic E-state index is -1.11. The molecule has 15 heavy (non-hydrogen) atoms. The standard InChI is InChI=1S/C10H8N2O3/c13-8-4-2-1-3-6(8)7-5-11-12-9(7)10(14)15/h1-5,13H,(H,11,12)(H,14,15). The van der Waals surface area contributed by atoms with Gasteiger partial charge in [0.05, 0.1) is 6.20 Å². The summed E-state index contributed by atoms with van der Waals surface area (Å²) in [5.41, 5.74) is 0.792. The number of phenolic OH excluding ortho intramolecular Hbond substituents is 1. The molecule has 5 nitrogen and oxygen atoms in total. The second kappa shape index (κ2) is 3.45. The van der Waals surface area contributed by atoms with E-state index in [1.807, 2.05) is 0 Å². The molecular formula is C10H8N2O3. The Morgan fingerprint density at radius 1 is 1.27 bits per heavy atom. The molecule has 0 spiro atoms. The molecule has 0 aliphatic carbocycles. The molecule has 0 aliphatic heterocycles. The molecule has 0 unspecified atom stereocenters. The van der Waals surface area contributed by atoms with Crippen LogP contribution in [0.5, 0.6) is 5.75 Å². The highest BCUT2D eigenvalue weighted by Gasteiger charge is 2.15. The molecule has 0 saturated carbocycles. The molecule has 0 saturated heterocycles. The summed E-state index contributed by atoms with van der Waals surface area (Å²) in [7, 11) is 0. The van der Waals surface area contributed by atoms with Gasteiger partial charge in [-0.15, -0.1) is 0 Å². The van der Waals surface area contributed by atoms with Crippen molar-refractivity contribution in [2.75, 3.05) is 0 Å². The summed E-state index contributed by atoms with van der Waals surface area (Å²) in [5, 5.41) is 24.4. The summed E-state index contributed by atoms with van der Waals surface area (Å²) in [4.78, 5) is 10.8. The predicted octanol–water partition coefficient (Wildman–Crippen LogP) is 1.48. The van der Waals surface area contributed by atoms with E-state index in [4.69, 9.17) is 5.11 Å². The van der Waals surface area contributed by atoms with Gasteiger partial charge >= 0.3 is 5.97 Å². The van der Waals surface area contributed by atoms with Crippen molar-refractivity contribution in [1.29, 1.82) is 0 Å². The number of benzene rings is 1. The number of aromatic hydroxyl groups is 1. The van der Waals surface area contributed by atoms with Crippen LogP contribution in [0.25, 0.3) is 11.1 Å². The number of hydrogen-bond acceptors (Lipinski definition) is 3. The Kier molecular flexibility index (Phi) is 2.13. The molecule has 1 aromatic carbocycles. The Morgan fingerprint density at radius 3 is 2.67 bits per heavy atom. The first-order valence-electron chi connectivity index (χ1n) is 4.25. The topological polar surface area (TPSA) is 86.2 Å². The van der Waals surface area contributed by atoms with Crippen LogP contribution in [0, 0.1) is 0 Å². The maximum atomic E-state index is 10.8. The third-order valence-electron chi connectivity index (χ3n) is 2.05. The highest BCUT2D eigenvalue weighted by molar-refractivity contribution is 5.94. The van der Waals surface area contributed by atoms with Crippen molar-refractivity contribution in [3.8, 4) is 16.9 Å². The zero-order valence-corrected chi connectivity index (χ0v) is 7.64. The number of aromatic carboxylic acids is 1. The van der Waals surface area contributed by atoms with E-state index in [1.54, 1.807) is 18.2 Å². The minimum Gasteiger partial charge on any atom is -0.507 e. The van der Waals surface area contributed by atoms with Crippen molar-refractivity contribution >= 4 is 5.97 Å². The minimum absolute atomic E-state index is 0.0291. The van der Waals surface area contributed by atoms with Crippen LogP contribution in [0.4, 0.5) is 0 Å². The first-order chi connectivity index (χ1) is 7.20. The fourth-order valence-corrected chi connectivity index (χ4v) is 1.35. The van der Waals surface area contributed by atoms with Crippen LogP contribution in [-0.2, 0) is 0 Å². The lowest BCUT2D eigenvalue weighted by Crippen LogP contribution is -1.98.